The molecule has 0 radical (unpaired) electrons. The highest BCUT2D eigenvalue weighted by Gasteiger charge is 2.14. The molecule has 23 heavy (non-hydrogen) atoms. The Morgan fingerprint density at radius 2 is 1.87 bits per heavy atom. The van der Waals surface area contributed by atoms with Gasteiger partial charge in [-0.1, -0.05) is 18.2 Å². The van der Waals surface area contributed by atoms with E-state index < -0.39 is 5.82 Å². The molecule has 112 valence electrons. The summed E-state index contributed by atoms with van der Waals surface area (Å²) < 4.78 is 19.4. The fourth-order valence-electron chi connectivity index (χ4n) is 2.31. The van der Waals surface area contributed by atoms with Crippen molar-refractivity contribution in [3.63, 3.8) is 0 Å². The van der Waals surface area contributed by atoms with Crippen molar-refractivity contribution in [2.45, 2.75) is 0 Å². The second kappa shape index (κ2) is 5.49. The first-order valence-electron chi connectivity index (χ1n) is 6.99. The molecule has 2 aromatic carbocycles. The third-order valence-electron chi connectivity index (χ3n) is 3.41. The van der Waals surface area contributed by atoms with Crippen molar-refractivity contribution in [2.75, 3.05) is 5.32 Å². The first-order valence-corrected chi connectivity index (χ1v) is 6.99. The minimum atomic E-state index is -0.430. The SMILES string of the molecule is Fc1cc2cnccc2cc1-c1nc(Nc2ccccc2)no1. The van der Waals surface area contributed by atoms with Crippen LogP contribution < -0.4 is 5.32 Å². The van der Waals surface area contributed by atoms with Crippen LogP contribution in [0.4, 0.5) is 16.0 Å². The van der Waals surface area contributed by atoms with Crippen LogP contribution in [0.2, 0.25) is 0 Å². The molecule has 5 nitrogen and oxygen atoms in total. The van der Waals surface area contributed by atoms with Crippen LogP contribution in [-0.2, 0) is 0 Å². The van der Waals surface area contributed by atoms with Gasteiger partial charge in [0.05, 0.1) is 5.56 Å². The summed E-state index contributed by atoms with van der Waals surface area (Å²) in [6.07, 6.45) is 3.26. The Hall–Kier alpha value is -3.28. The predicted molar refractivity (Wildman–Crippen MR) is 84.7 cm³/mol. The largest absolute Gasteiger partial charge is 0.332 e. The minimum absolute atomic E-state index is 0.125. The van der Waals surface area contributed by atoms with Crippen LogP contribution in [0.1, 0.15) is 0 Å². The predicted octanol–water partition coefficient (Wildman–Crippen LogP) is 4.17. The average Bonchev–Trinajstić information content (AvgIpc) is 3.03. The van der Waals surface area contributed by atoms with Gasteiger partial charge in [0.2, 0.25) is 0 Å². The maximum atomic E-state index is 14.3. The molecule has 4 rings (SSSR count). The lowest BCUT2D eigenvalue weighted by atomic mass is 10.1. The molecule has 6 heteroatoms. The van der Waals surface area contributed by atoms with Crippen molar-refractivity contribution in [1.29, 1.82) is 0 Å². The number of anilines is 2. The topological polar surface area (TPSA) is 63.8 Å². The molecule has 2 heterocycles. The van der Waals surface area contributed by atoms with Crippen LogP contribution >= 0.6 is 0 Å². The van der Waals surface area contributed by atoms with Gasteiger partial charge < -0.3 is 9.84 Å². The summed E-state index contributed by atoms with van der Waals surface area (Å²) in [7, 11) is 0. The van der Waals surface area contributed by atoms with Crippen LogP contribution in [0.25, 0.3) is 22.2 Å². The second-order valence-electron chi connectivity index (χ2n) is 4.97. The molecule has 0 atom stereocenters. The number of nitrogens with one attached hydrogen (secondary N) is 1. The van der Waals surface area contributed by atoms with E-state index in [-0.39, 0.29) is 17.4 Å². The molecule has 0 unspecified atom stereocenters. The average molecular weight is 306 g/mol. The molecule has 0 bridgehead atoms. The zero-order chi connectivity index (χ0) is 15.6. The molecule has 0 saturated heterocycles. The fourth-order valence-corrected chi connectivity index (χ4v) is 2.31. The molecule has 0 aliphatic rings. The molecule has 2 aromatic heterocycles. The van der Waals surface area contributed by atoms with Crippen molar-refractivity contribution in [3.05, 3.63) is 66.7 Å². The summed E-state index contributed by atoms with van der Waals surface area (Å²) in [4.78, 5) is 8.18. The Kier molecular flexibility index (Phi) is 3.20. The number of pyridine rings is 1. The van der Waals surface area contributed by atoms with E-state index >= 15 is 0 Å². The Labute approximate surface area is 130 Å². The number of hydrogen-bond donors (Lipinski definition) is 1. The number of halogens is 1. The number of para-hydroxylation sites is 1. The maximum Gasteiger partial charge on any atom is 0.268 e. The van der Waals surface area contributed by atoms with Gasteiger partial charge in [0, 0.05) is 23.5 Å². The molecule has 0 saturated carbocycles. The third kappa shape index (κ3) is 2.62. The van der Waals surface area contributed by atoms with E-state index in [9.17, 15) is 4.39 Å². The molecule has 4 aromatic rings. The summed E-state index contributed by atoms with van der Waals surface area (Å²) in [5.41, 5.74) is 1.09. The number of aromatic nitrogens is 3. The summed E-state index contributed by atoms with van der Waals surface area (Å²) in [6.45, 7) is 0. The molecule has 0 amide bonds. The highest BCUT2D eigenvalue weighted by atomic mass is 19.1. The summed E-state index contributed by atoms with van der Waals surface area (Å²) in [5.74, 6) is -0.0273. The standard InChI is InChI=1S/C17H11FN4O/c18-15-9-12-10-19-7-6-11(12)8-14(15)16-21-17(22-23-16)20-13-4-2-1-3-5-13/h1-10H,(H,20,22). The zero-order valence-electron chi connectivity index (χ0n) is 11.9. The Balaban J connectivity index is 1.70. The number of nitrogens with zero attached hydrogens (tertiary/aromatic N) is 3. The lowest BCUT2D eigenvalue weighted by Crippen LogP contribution is -1.92. The number of hydrogen-bond acceptors (Lipinski definition) is 5. The van der Waals surface area contributed by atoms with Gasteiger partial charge in [-0.3, -0.25) is 4.98 Å². The van der Waals surface area contributed by atoms with E-state index in [0.29, 0.717) is 0 Å². The van der Waals surface area contributed by atoms with E-state index in [4.69, 9.17) is 4.52 Å². The van der Waals surface area contributed by atoms with Crippen molar-refractivity contribution < 1.29 is 8.91 Å². The van der Waals surface area contributed by atoms with Crippen molar-refractivity contribution in [3.8, 4) is 11.5 Å². The molecule has 0 fully saturated rings. The Morgan fingerprint density at radius 1 is 1.00 bits per heavy atom. The second-order valence-corrected chi connectivity index (χ2v) is 4.97. The highest BCUT2D eigenvalue weighted by Crippen LogP contribution is 2.27. The summed E-state index contributed by atoms with van der Waals surface area (Å²) in [6, 6.07) is 14.3. The van der Waals surface area contributed by atoms with Crippen molar-refractivity contribution in [2.24, 2.45) is 0 Å². The lowest BCUT2D eigenvalue weighted by molar-refractivity contribution is 0.430. The van der Waals surface area contributed by atoms with E-state index in [1.165, 1.54) is 6.07 Å². The Bertz CT molecular complexity index is 969. The zero-order valence-corrected chi connectivity index (χ0v) is 11.9. The normalized spacial score (nSPS) is 10.8. The number of benzene rings is 2. The monoisotopic (exact) mass is 306 g/mol. The molecule has 0 aliphatic carbocycles. The van der Waals surface area contributed by atoms with Gasteiger partial charge in [0.25, 0.3) is 11.8 Å². The van der Waals surface area contributed by atoms with E-state index in [0.717, 1.165) is 16.5 Å². The van der Waals surface area contributed by atoms with E-state index in [1.54, 1.807) is 24.5 Å². The third-order valence-corrected chi connectivity index (χ3v) is 3.41. The van der Waals surface area contributed by atoms with Crippen molar-refractivity contribution in [1.82, 2.24) is 15.1 Å². The van der Waals surface area contributed by atoms with Gasteiger partial charge in [-0.05, 0) is 40.9 Å². The van der Waals surface area contributed by atoms with Crippen LogP contribution in [-0.4, -0.2) is 15.1 Å². The van der Waals surface area contributed by atoms with Gasteiger partial charge in [-0.25, -0.2) is 4.39 Å². The van der Waals surface area contributed by atoms with Crippen LogP contribution in [0.15, 0.2) is 65.4 Å². The van der Waals surface area contributed by atoms with Gasteiger partial charge >= 0.3 is 0 Å². The minimum Gasteiger partial charge on any atom is -0.332 e. The van der Waals surface area contributed by atoms with Gasteiger partial charge in [-0.2, -0.15) is 4.98 Å². The molecular weight excluding hydrogens is 295 g/mol. The fraction of sp³-hybridized carbons (Fsp3) is 0. The van der Waals surface area contributed by atoms with E-state index in [1.807, 2.05) is 30.3 Å². The van der Waals surface area contributed by atoms with Crippen molar-refractivity contribution >= 4 is 22.4 Å². The quantitative estimate of drug-likeness (QED) is 0.615. The Morgan fingerprint density at radius 3 is 2.74 bits per heavy atom. The van der Waals surface area contributed by atoms with Crippen LogP contribution in [0.5, 0.6) is 0 Å². The molecule has 1 N–H and O–H groups in total. The molecule has 0 spiro atoms. The smallest absolute Gasteiger partial charge is 0.268 e. The highest BCUT2D eigenvalue weighted by molar-refractivity contribution is 5.85. The van der Waals surface area contributed by atoms with Crippen LogP contribution in [0.3, 0.4) is 0 Å². The van der Waals surface area contributed by atoms with E-state index in [2.05, 4.69) is 20.4 Å². The first kappa shape index (κ1) is 13.4. The van der Waals surface area contributed by atoms with Gasteiger partial charge in [0.1, 0.15) is 5.82 Å². The summed E-state index contributed by atoms with van der Waals surface area (Å²) in [5, 5.41) is 8.41. The molecular formula is C17H11FN4O. The number of rotatable bonds is 3. The van der Waals surface area contributed by atoms with Crippen LogP contribution in [0, 0.1) is 5.82 Å². The summed E-state index contributed by atoms with van der Waals surface area (Å²) >= 11 is 0. The first-order chi connectivity index (χ1) is 11.3. The molecule has 0 aliphatic heterocycles. The van der Waals surface area contributed by atoms with Gasteiger partial charge in [-0.15, -0.1) is 0 Å². The van der Waals surface area contributed by atoms with Gasteiger partial charge in [0.15, 0.2) is 0 Å². The number of fused-ring (bicyclic) bond motifs is 1. The maximum absolute atomic E-state index is 14.3. The lowest BCUT2D eigenvalue weighted by Gasteiger charge is -2.01.